The van der Waals surface area contributed by atoms with Gasteiger partial charge in [-0.3, -0.25) is 10.1 Å². The number of aromatic nitrogens is 2. The van der Waals surface area contributed by atoms with Crippen LogP contribution in [-0.2, 0) is 4.79 Å². The number of hydrogen-bond donors (Lipinski definition) is 2. The summed E-state index contributed by atoms with van der Waals surface area (Å²) in [5.41, 5.74) is 7.98. The van der Waals surface area contributed by atoms with E-state index in [1.165, 1.54) is 11.8 Å². The van der Waals surface area contributed by atoms with Crippen LogP contribution in [-0.4, -0.2) is 21.6 Å². The molecule has 0 saturated heterocycles. The number of rotatable bonds is 4. The SMILES string of the molecule is Cc1cc(C)nc(NC(=O)CSc2ccc(N)cc2)n1. The van der Waals surface area contributed by atoms with Crippen molar-refractivity contribution >= 4 is 29.3 Å². The molecule has 1 amide bonds. The number of aryl methyl sites for hydroxylation is 2. The number of nitrogens with one attached hydrogen (secondary N) is 1. The molecule has 5 nitrogen and oxygen atoms in total. The van der Waals surface area contributed by atoms with Gasteiger partial charge in [0, 0.05) is 22.0 Å². The molecule has 0 saturated carbocycles. The smallest absolute Gasteiger partial charge is 0.237 e. The monoisotopic (exact) mass is 288 g/mol. The maximum absolute atomic E-state index is 11.8. The predicted molar refractivity (Wildman–Crippen MR) is 81.7 cm³/mol. The summed E-state index contributed by atoms with van der Waals surface area (Å²) in [6.45, 7) is 3.74. The minimum Gasteiger partial charge on any atom is -0.399 e. The maximum Gasteiger partial charge on any atom is 0.237 e. The van der Waals surface area contributed by atoms with E-state index in [-0.39, 0.29) is 5.91 Å². The highest BCUT2D eigenvalue weighted by atomic mass is 32.2. The van der Waals surface area contributed by atoms with Gasteiger partial charge in [-0.15, -0.1) is 11.8 Å². The fourth-order valence-corrected chi connectivity index (χ4v) is 2.35. The van der Waals surface area contributed by atoms with Gasteiger partial charge in [-0.2, -0.15) is 0 Å². The lowest BCUT2D eigenvalue weighted by Crippen LogP contribution is -2.16. The Bertz CT molecular complexity index is 593. The van der Waals surface area contributed by atoms with Gasteiger partial charge < -0.3 is 5.73 Å². The molecule has 0 bridgehead atoms. The molecule has 2 rings (SSSR count). The number of anilines is 2. The Morgan fingerprint density at radius 3 is 2.40 bits per heavy atom. The summed E-state index contributed by atoms with van der Waals surface area (Å²) in [5, 5.41) is 2.70. The van der Waals surface area contributed by atoms with E-state index in [9.17, 15) is 4.79 Å². The van der Waals surface area contributed by atoms with E-state index in [2.05, 4.69) is 15.3 Å². The number of amides is 1. The van der Waals surface area contributed by atoms with Crippen LogP contribution in [0.4, 0.5) is 11.6 Å². The zero-order valence-corrected chi connectivity index (χ0v) is 12.2. The van der Waals surface area contributed by atoms with Crippen LogP contribution < -0.4 is 11.1 Å². The number of thioether (sulfide) groups is 1. The van der Waals surface area contributed by atoms with Gasteiger partial charge in [0.25, 0.3) is 0 Å². The van der Waals surface area contributed by atoms with Crippen LogP contribution >= 0.6 is 11.8 Å². The standard InChI is InChI=1S/C14H16N4OS/c1-9-7-10(2)17-14(16-9)18-13(19)8-20-12-5-3-11(15)4-6-12/h3-7H,8,15H2,1-2H3,(H,16,17,18,19). The minimum atomic E-state index is -0.128. The summed E-state index contributed by atoms with van der Waals surface area (Å²) >= 11 is 1.44. The molecule has 6 heteroatoms. The van der Waals surface area contributed by atoms with Gasteiger partial charge in [0.15, 0.2) is 0 Å². The molecule has 1 heterocycles. The molecule has 0 aliphatic heterocycles. The van der Waals surface area contributed by atoms with Gasteiger partial charge in [-0.25, -0.2) is 9.97 Å². The second-order valence-electron chi connectivity index (χ2n) is 4.38. The average molecular weight is 288 g/mol. The molecule has 104 valence electrons. The minimum absolute atomic E-state index is 0.128. The van der Waals surface area contributed by atoms with Crippen molar-refractivity contribution in [2.75, 3.05) is 16.8 Å². The van der Waals surface area contributed by atoms with E-state index in [1.807, 2.05) is 44.2 Å². The van der Waals surface area contributed by atoms with Crippen LogP contribution in [0.15, 0.2) is 35.2 Å². The first-order valence-electron chi connectivity index (χ1n) is 6.13. The van der Waals surface area contributed by atoms with Crippen LogP contribution in [0.25, 0.3) is 0 Å². The molecule has 0 aliphatic rings. The number of carbonyl (C=O) groups excluding carboxylic acids is 1. The number of nitrogens with two attached hydrogens (primary N) is 1. The van der Waals surface area contributed by atoms with Gasteiger partial charge in [-0.1, -0.05) is 0 Å². The molecule has 0 fully saturated rings. The average Bonchev–Trinajstić information content (AvgIpc) is 2.37. The van der Waals surface area contributed by atoms with Crippen molar-refractivity contribution in [3.8, 4) is 0 Å². The van der Waals surface area contributed by atoms with E-state index >= 15 is 0 Å². The number of hydrogen-bond acceptors (Lipinski definition) is 5. The molecule has 2 aromatic rings. The van der Waals surface area contributed by atoms with Crippen LogP contribution in [0.2, 0.25) is 0 Å². The van der Waals surface area contributed by atoms with Crippen molar-refractivity contribution in [3.63, 3.8) is 0 Å². The molecule has 0 aliphatic carbocycles. The molecule has 1 aromatic carbocycles. The topological polar surface area (TPSA) is 80.9 Å². The largest absolute Gasteiger partial charge is 0.399 e. The van der Waals surface area contributed by atoms with Crippen molar-refractivity contribution < 1.29 is 4.79 Å². The van der Waals surface area contributed by atoms with E-state index in [1.54, 1.807) is 0 Å². The Balaban J connectivity index is 1.90. The van der Waals surface area contributed by atoms with E-state index in [0.717, 1.165) is 16.3 Å². The molecule has 0 atom stereocenters. The van der Waals surface area contributed by atoms with Crippen molar-refractivity contribution in [3.05, 3.63) is 41.7 Å². The van der Waals surface area contributed by atoms with Crippen molar-refractivity contribution in [2.24, 2.45) is 0 Å². The Morgan fingerprint density at radius 1 is 1.20 bits per heavy atom. The molecule has 20 heavy (non-hydrogen) atoms. The van der Waals surface area contributed by atoms with Crippen LogP contribution in [0, 0.1) is 13.8 Å². The molecular formula is C14H16N4OS. The molecule has 1 aromatic heterocycles. The summed E-state index contributed by atoms with van der Waals surface area (Å²) in [4.78, 5) is 21.2. The lowest BCUT2D eigenvalue weighted by atomic mass is 10.3. The Labute approximate surface area is 122 Å². The van der Waals surface area contributed by atoms with Crippen LogP contribution in [0.1, 0.15) is 11.4 Å². The fraction of sp³-hybridized carbons (Fsp3) is 0.214. The summed E-state index contributed by atoms with van der Waals surface area (Å²) in [7, 11) is 0. The summed E-state index contributed by atoms with van der Waals surface area (Å²) in [6, 6.07) is 9.26. The van der Waals surface area contributed by atoms with Crippen LogP contribution in [0.5, 0.6) is 0 Å². The molecular weight excluding hydrogens is 272 g/mol. The van der Waals surface area contributed by atoms with Gasteiger partial charge in [0.1, 0.15) is 0 Å². The van der Waals surface area contributed by atoms with Crippen molar-refractivity contribution in [2.45, 2.75) is 18.7 Å². The Morgan fingerprint density at radius 2 is 1.80 bits per heavy atom. The molecule has 0 unspecified atom stereocenters. The fourth-order valence-electron chi connectivity index (χ4n) is 1.66. The highest BCUT2D eigenvalue weighted by Gasteiger charge is 2.06. The lowest BCUT2D eigenvalue weighted by molar-refractivity contribution is -0.113. The van der Waals surface area contributed by atoms with Gasteiger partial charge >= 0.3 is 0 Å². The third-order valence-corrected chi connectivity index (χ3v) is 3.50. The first-order chi connectivity index (χ1) is 9.52. The van der Waals surface area contributed by atoms with E-state index < -0.39 is 0 Å². The van der Waals surface area contributed by atoms with Gasteiger partial charge in [0.2, 0.25) is 11.9 Å². The third-order valence-electron chi connectivity index (χ3n) is 2.48. The van der Waals surface area contributed by atoms with Crippen LogP contribution in [0.3, 0.4) is 0 Å². The second kappa shape index (κ2) is 6.38. The number of nitrogens with zero attached hydrogens (tertiary/aromatic N) is 2. The quantitative estimate of drug-likeness (QED) is 0.667. The molecule has 0 spiro atoms. The molecule has 0 radical (unpaired) electrons. The first-order valence-corrected chi connectivity index (χ1v) is 7.12. The van der Waals surface area contributed by atoms with Gasteiger partial charge in [0.05, 0.1) is 5.75 Å². The van der Waals surface area contributed by atoms with Crippen molar-refractivity contribution in [1.82, 2.24) is 9.97 Å². The normalized spacial score (nSPS) is 10.3. The second-order valence-corrected chi connectivity index (χ2v) is 5.43. The zero-order chi connectivity index (χ0) is 14.5. The summed E-state index contributed by atoms with van der Waals surface area (Å²) in [5.74, 6) is 0.530. The lowest BCUT2D eigenvalue weighted by Gasteiger charge is -2.05. The third kappa shape index (κ3) is 4.24. The van der Waals surface area contributed by atoms with E-state index in [4.69, 9.17) is 5.73 Å². The number of carbonyl (C=O) groups is 1. The highest BCUT2D eigenvalue weighted by molar-refractivity contribution is 8.00. The highest BCUT2D eigenvalue weighted by Crippen LogP contribution is 2.19. The van der Waals surface area contributed by atoms with Gasteiger partial charge in [-0.05, 0) is 44.2 Å². The Hall–Kier alpha value is -2.08. The van der Waals surface area contributed by atoms with Crippen molar-refractivity contribution in [1.29, 1.82) is 0 Å². The number of benzene rings is 1. The summed E-state index contributed by atoms with van der Waals surface area (Å²) < 4.78 is 0. The zero-order valence-electron chi connectivity index (χ0n) is 11.4. The number of nitrogen functional groups attached to an aromatic ring is 1. The maximum atomic E-state index is 11.8. The predicted octanol–water partition coefficient (Wildman–Crippen LogP) is 2.41. The van der Waals surface area contributed by atoms with E-state index in [0.29, 0.717) is 17.4 Å². The molecule has 3 N–H and O–H groups in total. The Kier molecular flexibility index (Phi) is 4.57. The summed E-state index contributed by atoms with van der Waals surface area (Å²) in [6.07, 6.45) is 0. The first kappa shape index (κ1) is 14.3.